The molecule has 0 radical (unpaired) electrons. The smallest absolute Gasteiger partial charge is 0.233 e. The number of amides is 1. The number of carbonyl (C=O) groups excluding carboxylic acids is 1. The molecule has 1 aliphatic rings. The molecule has 2 unspecified atom stereocenters. The molecule has 0 saturated carbocycles. The lowest BCUT2D eigenvalue weighted by Crippen LogP contribution is -2.42. The zero-order chi connectivity index (χ0) is 14.8. The molecule has 0 aliphatic carbocycles. The van der Waals surface area contributed by atoms with Gasteiger partial charge < -0.3 is 10.6 Å². The van der Waals surface area contributed by atoms with E-state index in [1.54, 1.807) is 0 Å². The molecule has 21 heavy (non-hydrogen) atoms. The minimum Gasteiger partial charge on any atom is -0.326 e. The summed E-state index contributed by atoms with van der Waals surface area (Å²) in [7, 11) is 0. The summed E-state index contributed by atoms with van der Waals surface area (Å²) < 4.78 is 0. The van der Waals surface area contributed by atoms with Gasteiger partial charge >= 0.3 is 0 Å². The number of anilines is 1. The van der Waals surface area contributed by atoms with Crippen LogP contribution in [0.1, 0.15) is 29.5 Å². The first-order valence-corrected chi connectivity index (χ1v) is 7.34. The molecule has 3 nitrogen and oxygen atoms in total. The number of fused-ring (bicyclic) bond motifs is 1. The van der Waals surface area contributed by atoms with E-state index in [2.05, 4.69) is 29.7 Å². The van der Waals surface area contributed by atoms with E-state index in [0.29, 0.717) is 0 Å². The molecule has 0 fully saturated rings. The van der Waals surface area contributed by atoms with Gasteiger partial charge in [0.2, 0.25) is 5.91 Å². The van der Waals surface area contributed by atoms with Gasteiger partial charge in [0.05, 0.1) is 5.92 Å². The van der Waals surface area contributed by atoms with Gasteiger partial charge in [0.15, 0.2) is 0 Å². The third-order valence-electron chi connectivity index (χ3n) is 4.07. The summed E-state index contributed by atoms with van der Waals surface area (Å²) in [6.45, 7) is 4.91. The number of aryl methyl sites for hydroxylation is 1. The second-order valence-electron chi connectivity index (χ2n) is 5.70. The van der Waals surface area contributed by atoms with Crippen molar-refractivity contribution in [3.05, 3.63) is 65.2 Å². The highest BCUT2D eigenvalue weighted by atomic mass is 16.1. The first-order valence-electron chi connectivity index (χ1n) is 7.34. The summed E-state index contributed by atoms with van der Waals surface area (Å²) in [5, 5.41) is 6.45. The van der Waals surface area contributed by atoms with E-state index < -0.39 is 0 Å². The number of hydrogen-bond donors (Lipinski definition) is 2. The van der Waals surface area contributed by atoms with Gasteiger partial charge in [-0.05, 0) is 42.7 Å². The van der Waals surface area contributed by atoms with E-state index in [-0.39, 0.29) is 17.9 Å². The molecule has 2 aromatic rings. The van der Waals surface area contributed by atoms with Crippen molar-refractivity contribution in [2.45, 2.75) is 32.4 Å². The first kappa shape index (κ1) is 13.8. The van der Waals surface area contributed by atoms with Crippen molar-refractivity contribution in [3.63, 3.8) is 0 Å². The van der Waals surface area contributed by atoms with E-state index in [9.17, 15) is 4.79 Å². The van der Waals surface area contributed by atoms with E-state index in [1.165, 1.54) is 5.56 Å². The third kappa shape index (κ3) is 2.83. The Balaban J connectivity index is 1.87. The maximum atomic E-state index is 12.7. The highest BCUT2D eigenvalue weighted by Gasteiger charge is 2.31. The maximum absolute atomic E-state index is 12.7. The zero-order valence-corrected chi connectivity index (χ0v) is 12.4. The summed E-state index contributed by atoms with van der Waals surface area (Å²) in [6.07, 6.45) is 0. The number of benzene rings is 2. The van der Waals surface area contributed by atoms with E-state index in [1.807, 2.05) is 43.3 Å². The van der Waals surface area contributed by atoms with Crippen molar-refractivity contribution < 1.29 is 4.79 Å². The fourth-order valence-corrected chi connectivity index (χ4v) is 2.97. The largest absolute Gasteiger partial charge is 0.326 e. The summed E-state index contributed by atoms with van der Waals surface area (Å²) in [5.74, 6) is -0.108. The Hall–Kier alpha value is -2.13. The lowest BCUT2D eigenvalue weighted by Gasteiger charge is -2.31. The first-order chi connectivity index (χ1) is 10.1. The van der Waals surface area contributed by atoms with Crippen LogP contribution in [0.3, 0.4) is 0 Å². The average molecular weight is 280 g/mol. The van der Waals surface area contributed by atoms with Crippen LogP contribution < -0.4 is 10.6 Å². The molecule has 3 heteroatoms. The second kappa shape index (κ2) is 5.70. The summed E-state index contributed by atoms with van der Waals surface area (Å²) in [5.41, 5.74) is 4.34. The van der Waals surface area contributed by atoms with Crippen molar-refractivity contribution in [2.24, 2.45) is 0 Å². The van der Waals surface area contributed by atoms with E-state index in [4.69, 9.17) is 0 Å². The number of rotatable bonds is 2. The minimum atomic E-state index is -0.157. The van der Waals surface area contributed by atoms with Crippen LogP contribution in [0.25, 0.3) is 0 Å². The van der Waals surface area contributed by atoms with Crippen LogP contribution in [-0.4, -0.2) is 11.9 Å². The van der Waals surface area contributed by atoms with Crippen molar-refractivity contribution in [2.75, 3.05) is 5.32 Å². The molecule has 1 aliphatic heterocycles. The lowest BCUT2D eigenvalue weighted by molar-refractivity contribution is -0.118. The third-order valence-corrected chi connectivity index (χ3v) is 4.07. The standard InChI is InChI=1S/C18H20N2O/c1-12-6-5-8-15(10-12)20-18(21)17-13(2)19-11-14-7-3-4-9-16(14)17/h3-10,13,17,19H,11H2,1-2H3,(H,20,21). The minimum absolute atomic E-state index is 0.0488. The van der Waals surface area contributed by atoms with Crippen LogP contribution in [0, 0.1) is 6.92 Å². The Bertz CT molecular complexity index is 666. The van der Waals surface area contributed by atoms with Crippen LogP contribution in [0.4, 0.5) is 5.69 Å². The normalized spacial score (nSPS) is 20.7. The number of nitrogens with one attached hydrogen (secondary N) is 2. The summed E-state index contributed by atoms with van der Waals surface area (Å²) >= 11 is 0. The molecular formula is C18H20N2O. The topological polar surface area (TPSA) is 41.1 Å². The highest BCUT2D eigenvalue weighted by Crippen LogP contribution is 2.29. The van der Waals surface area contributed by atoms with E-state index in [0.717, 1.165) is 23.4 Å². The molecule has 108 valence electrons. The fourth-order valence-electron chi connectivity index (χ4n) is 2.97. The zero-order valence-electron chi connectivity index (χ0n) is 12.4. The highest BCUT2D eigenvalue weighted by molar-refractivity contribution is 5.96. The monoisotopic (exact) mass is 280 g/mol. The van der Waals surface area contributed by atoms with Crippen LogP contribution in [0.5, 0.6) is 0 Å². The average Bonchev–Trinajstić information content (AvgIpc) is 2.47. The lowest BCUT2D eigenvalue weighted by atomic mass is 9.85. The molecule has 3 rings (SSSR count). The molecule has 1 amide bonds. The molecular weight excluding hydrogens is 260 g/mol. The van der Waals surface area contributed by atoms with Gasteiger partial charge in [-0.3, -0.25) is 4.79 Å². The predicted molar refractivity (Wildman–Crippen MR) is 85.3 cm³/mol. The fraction of sp³-hybridized carbons (Fsp3) is 0.278. The Morgan fingerprint density at radius 2 is 2.00 bits per heavy atom. The van der Waals surface area contributed by atoms with Crippen molar-refractivity contribution in [3.8, 4) is 0 Å². The second-order valence-corrected chi connectivity index (χ2v) is 5.70. The molecule has 1 heterocycles. The summed E-state index contributed by atoms with van der Waals surface area (Å²) in [6, 6.07) is 16.2. The van der Waals surface area contributed by atoms with Gasteiger partial charge in [-0.15, -0.1) is 0 Å². The number of carbonyl (C=O) groups is 1. The van der Waals surface area contributed by atoms with Gasteiger partial charge in [0.25, 0.3) is 0 Å². The Morgan fingerprint density at radius 3 is 2.81 bits per heavy atom. The SMILES string of the molecule is Cc1cccc(NC(=O)C2c3ccccc3CNC2C)c1. The van der Waals surface area contributed by atoms with Crippen molar-refractivity contribution in [1.29, 1.82) is 0 Å². The van der Waals surface area contributed by atoms with Gasteiger partial charge in [-0.1, -0.05) is 36.4 Å². The molecule has 2 atom stereocenters. The van der Waals surface area contributed by atoms with Gasteiger partial charge in [0, 0.05) is 18.3 Å². The summed E-state index contributed by atoms with van der Waals surface area (Å²) in [4.78, 5) is 12.7. The molecule has 0 aromatic heterocycles. The quantitative estimate of drug-likeness (QED) is 0.887. The van der Waals surface area contributed by atoms with Gasteiger partial charge in [0.1, 0.15) is 0 Å². The molecule has 2 aromatic carbocycles. The van der Waals surface area contributed by atoms with Gasteiger partial charge in [-0.2, -0.15) is 0 Å². The molecule has 0 spiro atoms. The van der Waals surface area contributed by atoms with Crippen molar-refractivity contribution >= 4 is 11.6 Å². The Morgan fingerprint density at radius 1 is 1.19 bits per heavy atom. The number of hydrogen-bond acceptors (Lipinski definition) is 2. The Kier molecular flexibility index (Phi) is 3.76. The molecule has 0 saturated heterocycles. The van der Waals surface area contributed by atoms with Gasteiger partial charge in [-0.25, -0.2) is 0 Å². The van der Waals surface area contributed by atoms with Crippen molar-refractivity contribution in [1.82, 2.24) is 5.32 Å². The van der Waals surface area contributed by atoms with Crippen LogP contribution >= 0.6 is 0 Å². The predicted octanol–water partition coefficient (Wildman–Crippen LogP) is 3.21. The molecule has 2 N–H and O–H groups in total. The van der Waals surface area contributed by atoms with Crippen LogP contribution in [0.2, 0.25) is 0 Å². The van der Waals surface area contributed by atoms with Crippen LogP contribution in [-0.2, 0) is 11.3 Å². The van der Waals surface area contributed by atoms with Crippen LogP contribution in [0.15, 0.2) is 48.5 Å². The van der Waals surface area contributed by atoms with E-state index >= 15 is 0 Å². The maximum Gasteiger partial charge on any atom is 0.233 e. The molecule has 0 bridgehead atoms. The Labute approximate surface area is 125 Å².